The van der Waals surface area contributed by atoms with E-state index < -0.39 is 0 Å². The van der Waals surface area contributed by atoms with Crippen molar-refractivity contribution >= 4 is 6.47 Å². The minimum atomic E-state index is 0.253. The smallest absolute Gasteiger partial charge is 0.417 e. The molecule has 0 aromatic heterocycles. The van der Waals surface area contributed by atoms with Crippen molar-refractivity contribution in [1.82, 2.24) is 0 Å². The number of carbonyl (C=O) groups excluding carboxylic acids is 1. The van der Waals surface area contributed by atoms with Crippen LogP contribution in [0.25, 0.3) is 0 Å². The second-order valence-electron chi connectivity index (χ2n) is 1.33. The Labute approximate surface area is 53.9 Å². The fourth-order valence-electron chi connectivity index (χ4n) is 0.328. The third kappa shape index (κ3) is 7.39. The SMILES string of the molecule is NCCOCCO[C]=O. The van der Waals surface area contributed by atoms with Crippen molar-refractivity contribution in [2.45, 2.75) is 0 Å². The van der Waals surface area contributed by atoms with Gasteiger partial charge in [0.05, 0.1) is 13.2 Å². The zero-order valence-corrected chi connectivity index (χ0v) is 5.13. The molecule has 0 saturated carbocycles. The number of rotatable bonds is 6. The van der Waals surface area contributed by atoms with Gasteiger partial charge in [0.2, 0.25) is 0 Å². The molecule has 4 heteroatoms. The van der Waals surface area contributed by atoms with Gasteiger partial charge >= 0.3 is 6.47 Å². The van der Waals surface area contributed by atoms with E-state index >= 15 is 0 Å². The van der Waals surface area contributed by atoms with E-state index in [1.54, 1.807) is 0 Å². The number of ether oxygens (including phenoxy) is 2. The first-order chi connectivity index (χ1) is 4.41. The van der Waals surface area contributed by atoms with Crippen molar-refractivity contribution in [2.75, 3.05) is 26.4 Å². The number of hydrogen-bond acceptors (Lipinski definition) is 4. The predicted molar refractivity (Wildman–Crippen MR) is 31.5 cm³/mol. The van der Waals surface area contributed by atoms with Crippen molar-refractivity contribution < 1.29 is 14.3 Å². The summed E-state index contributed by atoms with van der Waals surface area (Å²) >= 11 is 0. The molecule has 1 radical (unpaired) electrons. The van der Waals surface area contributed by atoms with Gasteiger partial charge in [-0.1, -0.05) is 0 Å². The summed E-state index contributed by atoms with van der Waals surface area (Å²) in [5.41, 5.74) is 5.10. The van der Waals surface area contributed by atoms with Gasteiger partial charge in [0.25, 0.3) is 0 Å². The van der Waals surface area contributed by atoms with Gasteiger partial charge in [-0.2, -0.15) is 0 Å². The van der Waals surface area contributed by atoms with E-state index in [9.17, 15) is 4.79 Å². The average molecular weight is 132 g/mol. The van der Waals surface area contributed by atoms with Crippen molar-refractivity contribution in [2.24, 2.45) is 5.73 Å². The Hall–Kier alpha value is -0.610. The fourth-order valence-corrected chi connectivity index (χ4v) is 0.328. The molecule has 0 saturated heterocycles. The van der Waals surface area contributed by atoms with Gasteiger partial charge in [0, 0.05) is 6.54 Å². The Morgan fingerprint density at radius 2 is 2.11 bits per heavy atom. The summed E-state index contributed by atoms with van der Waals surface area (Å²) in [6.45, 7) is 2.93. The maximum Gasteiger partial charge on any atom is 0.417 e. The van der Waals surface area contributed by atoms with Crippen LogP contribution in [0.5, 0.6) is 0 Å². The van der Waals surface area contributed by atoms with Gasteiger partial charge in [0.1, 0.15) is 6.61 Å². The van der Waals surface area contributed by atoms with Gasteiger partial charge in [-0.3, -0.25) is 0 Å². The minimum Gasteiger partial charge on any atom is -0.455 e. The van der Waals surface area contributed by atoms with Crippen molar-refractivity contribution in [3.05, 3.63) is 0 Å². The molecular formula is C5H10NO3. The summed E-state index contributed by atoms with van der Waals surface area (Å²) in [5, 5.41) is 0. The van der Waals surface area contributed by atoms with Crippen molar-refractivity contribution in [1.29, 1.82) is 0 Å². The first kappa shape index (κ1) is 8.39. The van der Waals surface area contributed by atoms with Gasteiger partial charge < -0.3 is 15.2 Å². The zero-order valence-electron chi connectivity index (χ0n) is 5.13. The summed E-state index contributed by atoms with van der Waals surface area (Å²) in [7, 11) is 0. The molecule has 53 valence electrons. The molecule has 0 amide bonds. The maximum absolute atomic E-state index is 9.41. The van der Waals surface area contributed by atoms with Crippen LogP contribution in [0.4, 0.5) is 0 Å². The molecule has 0 unspecified atom stereocenters. The molecule has 0 aromatic rings. The number of nitrogens with two attached hydrogens (primary N) is 1. The van der Waals surface area contributed by atoms with E-state index in [-0.39, 0.29) is 6.61 Å². The molecule has 0 aliphatic heterocycles. The molecule has 0 aromatic carbocycles. The van der Waals surface area contributed by atoms with Crippen LogP contribution in [0.15, 0.2) is 0 Å². The molecule has 0 fully saturated rings. The highest BCUT2D eigenvalue weighted by molar-refractivity contribution is 5.37. The lowest BCUT2D eigenvalue weighted by molar-refractivity contribution is 0.0999. The van der Waals surface area contributed by atoms with Crippen LogP contribution in [-0.4, -0.2) is 32.8 Å². The van der Waals surface area contributed by atoms with Gasteiger partial charge in [-0.15, -0.1) is 0 Å². The summed E-state index contributed by atoms with van der Waals surface area (Å²) in [6, 6.07) is 0. The van der Waals surface area contributed by atoms with Crippen LogP contribution in [-0.2, 0) is 14.3 Å². The lowest BCUT2D eigenvalue weighted by Crippen LogP contribution is -2.11. The molecule has 4 nitrogen and oxygen atoms in total. The standard InChI is InChI=1S/C5H10NO3/c6-1-2-8-3-4-9-5-7/h1-4,6H2. The van der Waals surface area contributed by atoms with E-state index in [2.05, 4.69) is 4.74 Å². The lowest BCUT2D eigenvalue weighted by atomic mass is 10.7. The molecule has 0 atom stereocenters. The third-order valence-electron chi connectivity index (χ3n) is 0.651. The van der Waals surface area contributed by atoms with E-state index in [1.165, 1.54) is 6.47 Å². The maximum atomic E-state index is 9.41. The van der Waals surface area contributed by atoms with Crippen molar-refractivity contribution in [3.63, 3.8) is 0 Å². The van der Waals surface area contributed by atoms with E-state index in [0.29, 0.717) is 19.8 Å². The van der Waals surface area contributed by atoms with E-state index in [4.69, 9.17) is 10.5 Å². The van der Waals surface area contributed by atoms with Gasteiger partial charge in [-0.05, 0) is 0 Å². The van der Waals surface area contributed by atoms with Gasteiger partial charge in [-0.25, -0.2) is 4.79 Å². The average Bonchev–Trinajstić information content (AvgIpc) is 1.89. The fraction of sp³-hybridized carbons (Fsp3) is 0.800. The Bertz CT molecular complexity index is 67.2. The molecule has 0 aliphatic carbocycles. The summed E-state index contributed by atoms with van der Waals surface area (Å²) in [6.07, 6.45) is 0. The van der Waals surface area contributed by atoms with Crippen LogP contribution >= 0.6 is 0 Å². The second-order valence-corrected chi connectivity index (χ2v) is 1.33. The van der Waals surface area contributed by atoms with Crippen LogP contribution in [0, 0.1) is 0 Å². The second kappa shape index (κ2) is 7.39. The molecule has 9 heavy (non-hydrogen) atoms. The first-order valence-corrected chi connectivity index (χ1v) is 2.68. The van der Waals surface area contributed by atoms with Crippen LogP contribution in [0.1, 0.15) is 0 Å². The van der Waals surface area contributed by atoms with E-state index in [0.717, 1.165) is 0 Å². The highest BCUT2D eigenvalue weighted by Gasteiger charge is 1.84. The minimum absolute atomic E-state index is 0.253. The molecule has 0 aliphatic rings. The Morgan fingerprint density at radius 1 is 1.33 bits per heavy atom. The normalized spacial score (nSPS) is 9.00. The van der Waals surface area contributed by atoms with Crippen LogP contribution < -0.4 is 5.73 Å². The Balaban J connectivity index is 2.66. The first-order valence-electron chi connectivity index (χ1n) is 2.68. The lowest BCUT2D eigenvalue weighted by Gasteiger charge is -1.98. The monoisotopic (exact) mass is 132 g/mol. The largest absolute Gasteiger partial charge is 0.455 e. The topological polar surface area (TPSA) is 61.6 Å². The molecule has 0 rings (SSSR count). The zero-order chi connectivity index (χ0) is 6.95. The highest BCUT2D eigenvalue weighted by Crippen LogP contribution is 1.72. The van der Waals surface area contributed by atoms with Crippen LogP contribution in [0.3, 0.4) is 0 Å². The summed E-state index contributed by atoms with van der Waals surface area (Å²) < 4.78 is 9.06. The molecule has 2 N–H and O–H groups in total. The summed E-state index contributed by atoms with van der Waals surface area (Å²) in [4.78, 5) is 9.41. The predicted octanol–water partition coefficient (Wildman–Crippen LogP) is -0.954. The molecular weight excluding hydrogens is 122 g/mol. The van der Waals surface area contributed by atoms with Crippen molar-refractivity contribution in [3.8, 4) is 0 Å². The Kier molecular flexibility index (Phi) is 6.89. The Morgan fingerprint density at radius 3 is 2.67 bits per heavy atom. The van der Waals surface area contributed by atoms with Gasteiger partial charge in [0.15, 0.2) is 0 Å². The molecule has 0 bridgehead atoms. The number of hydrogen-bond donors (Lipinski definition) is 1. The summed E-state index contributed by atoms with van der Waals surface area (Å²) in [5.74, 6) is 0. The van der Waals surface area contributed by atoms with E-state index in [1.807, 2.05) is 0 Å². The highest BCUT2D eigenvalue weighted by atomic mass is 16.5. The molecule has 0 heterocycles. The third-order valence-corrected chi connectivity index (χ3v) is 0.651. The van der Waals surface area contributed by atoms with Crippen LogP contribution in [0.2, 0.25) is 0 Å². The molecule has 0 spiro atoms. The quantitative estimate of drug-likeness (QED) is 0.473.